The molecule has 0 radical (unpaired) electrons. The predicted molar refractivity (Wildman–Crippen MR) is 124 cm³/mol. The molecule has 0 spiro atoms. The zero-order valence-electron chi connectivity index (χ0n) is 17.7. The smallest absolute Gasteiger partial charge is 0.132 e. The van der Waals surface area contributed by atoms with Gasteiger partial charge >= 0.3 is 0 Å². The fourth-order valence-corrected chi connectivity index (χ4v) is 6.17. The molecule has 0 bridgehead atoms. The number of ether oxygens (including phenoxy) is 1. The van der Waals surface area contributed by atoms with Crippen LogP contribution < -0.4 is 4.74 Å². The molecule has 6 rings (SSSR count). The standard InChI is InChI=1S/C28H26O3/c1-28(19-5-3-2-4-6-19)26-22-11-9-20(29)15-17(22)7-13-24(26)31-25-14-8-18-16-21(30)10-12-23(18)27(25)28/h7-16,19,29-30H,2-6H2,1H3. The minimum atomic E-state index is -0.226. The quantitative estimate of drug-likeness (QED) is 0.344. The summed E-state index contributed by atoms with van der Waals surface area (Å²) in [5.41, 5.74) is 2.23. The molecule has 4 aromatic carbocycles. The van der Waals surface area contributed by atoms with E-state index in [2.05, 4.69) is 19.1 Å². The Morgan fingerprint density at radius 2 is 1.23 bits per heavy atom. The number of hydrogen-bond acceptors (Lipinski definition) is 3. The molecule has 2 aliphatic rings. The molecule has 2 N–H and O–H groups in total. The fraction of sp³-hybridized carbons (Fsp3) is 0.286. The normalized spacial score (nSPS) is 17.8. The number of aromatic hydroxyl groups is 2. The van der Waals surface area contributed by atoms with Gasteiger partial charge in [0.1, 0.15) is 23.0 Å². The molecule has 31 heavy (non-hydrogen) atoms. The number of phenols is 2. The Morgan fingerprint density at radius 1 is 0.710 bits per heavy atom. The summed E-state index contributed by atoms with van der Waals surface area (Å²) in [5.74, 6) is 2.89. The van der Waals surface area contributed by atoms with Crippen molar-refractivity contribution in [2.24, 2.45) is 5.92 Å². The van der Waals surface area contributed by atoms with Crippen LogP contribution in [0.2, 0.25) is 0 Å². The second kappa shape index (κ2) is 6.65. The molecule has 1 aliphatic heterocycles. The molecule has 0 aromatic heterocycles. The van der Waals surface area contributed by atoms with E-state index in [0.717, 1.165) is 33.0 Å². The second-order valence-electron chi connectivity index (χ2n) is 9.33. The van der Waals surface area contributed by atoms with Crippen molar-refractivity contribution in [3.8, 4) is 23.0 Å². The first-order valence-electron chi connectivity index (χ1n) is 11.3. The number of hydrogen-bond donors (Lipinski definition) is 2. The van der Waals surface area contributed by atoms with Gasteiger partial charge in [-0.15, -0.1) is 0 Å². The molecule has 1 aliphatic carbocycles. The van der Waals surface area contributed by atoms with Gasteiger partial charge in [0.2, 0.25) is 0 Å². The third kappa shape index (κ3) is 2.65. The van der Waals surface area contributed by atoms with Crippen LogP contribution >= 0.6 is 0 Å². The molecule has 1 fully saturated rings. The van der Waals surface area contributed by atoms with Crippen molar-refractivity contribution in [1.29, 1.82) is 0 Å². The average molecular weight is 411 g/mol. The van der Waals surface area contributed by atoms with Crippen LogP contribution in [-0.2, 0) is 5.41 Å². The Kier molecular flexibility index (Phi) is 3.98. The van der Waals surface area contributed by atoms with Crippen molar-refractivity contribution >= 4 is 21.5 Å². The topological polar surface area (TPSA) is 49.7 Å². The second-order valence-corrected chi connectivity index (χ2v) is 9.33. The Bertz CT molecular complexity index is 1240. The van der Waals surface area contributed by atoms with Gasteiger partial charge in [-0.3, -0.25) is 0 Å². The van der Waals surface area contributed by atoms with Gasteiger partial charge in [0, 0.05) is 16.5 Å². The molecule has 3 nitrogen and oxygen atoms in total. The first-order chi connectivity index (χ1) is 15.1. The van der Waals surface area contributed by atoms with E-state index < -0.39 is 0 Å². The van der Waals surface area contributed by atoms with Crippen molar-refractivity contribution in [1.82, 2.24) is 0 Å². The first-order valence-corrected chi connectivity index (χ1v) is 11.3. The van der Waals surface area contributed by atoms with Gasteiger partial charge in [-0.2, -0.15) is 0 Å². The predicted octanol–water partition coefficient (Wildman–Crippen LogP) is 7.40. The fourth-order valence-electron chi connectivity index (χ4n) is 6.17. The molecule has 0 atom stereocenters. The molecule has 0 amide bonds. The summed E-state index contributed by atoms with van der Waals surface area (Å²) in [4.78, 5) is 0. The molecule has 0 saturated heterocycles. The van der Waals surface area contributed by atoms with Gasteiger partial charge in [-0.05, 0) is 76.7 Å². The van der Waals surface area contributed by atoms with Crippen LogP contribution in [-0.4, -0.2) is 10.2 Å². The van der Waals surface area contributed by atoms with E-state index >= 15 is 0 Å². The van der Waals surface area contributed by atoms with Gasteiger partial charge in [0.25, 0.3) is 0 Å². The van der Waals surface area contributed by atoms with Crippen LogP contribution in [0, 0.1) is 5.92 Å². The monoisotopic (exact) mass is 410 g/mol. The SMILES string of the molecule is CC1(C2CCCCC2)c2c(ccc3cc(O)ccc23)Oc2ccc3cc(O)ccc3c21. The summed E-state index contributed by atoms with van der Waals surface area (Å²) >= 11 is 0. The molecule has 1 saturated carbocycles. The van der Waals surface area contributed by atoms with E-state index in [4.69, 9.17) is 4.74 Å². The molecule has 156 valence electrons. The van der Waals surface area contributed by atoms with E-state index in [-0.39, 0.29) is 16.9 Å². The van der Waals surface area contributed by atoms with E-state index in [9.17, 15) is 10.2 Å². The van der Waals surface area contributed by atoms with Crippen LogP contribution in [0.4, 0.5) is 0 Å². The summed E-state index contributed by atoms with van der Waals surface area (Å²) in [6.07, 6.45) is 6.19. The van der Waals surface area contributed by atoms with Gasteiger partial charge in [-0.25, -0.2) is 0 Å². The Balaban J connectivity index is 1.73. The van der Waals surface area contributed by atoms with Crippen molar-refractivity contribution in [2.45, 2.75) is 44.4 Å². The highest BCUT2D eigenvalue weighted by Gasteiger charge is 2.46. The first kappa shape index (κ1) is 18.6. The number of benzene rings is 4. The minimum absolute atomic E-state index is 0.226. The number of phenolic OH excluding ortho intramolecular Hbond substituents is 2. The van der Waals surface area contributed by atoms with Crippen LogP contribution in [0.1, 0.15) is 50.2 Å². The highest BCUT2D eigenvalue weighted by Crippen LogP contribution is 2.58. The maximum atomic E-state index is 10.1. The molecule has 1 heterocycles. The van der Waals surface area contributed by atoms with Crippen LogP contribution in [0.5, 0.6) is 23.0 Å². The maximum Gasteiger partial charge on any atom is 0.132 e. The average Bonchev–Trinajstić information content (AvgIpc) is 2.79. The van der Waals surface area contributed by atoms with Crippen molar-refractivity contribution in [3.63, 3.8) is 0 Å². The van der Waals surface area contributed by atoms with E-state index in [1.807, 2.05) is 36.4 Å². The lowest BCUT2D eigenvalue weighted by Gasteiger charge is -2.46. The Hall–Kier alpha value is -3.20. The zero-order valence-corrected chi connectivity index (χ0v) is 17.7. The summed E-state index contributed by atoms with van der Waals surface area (Å²) in [7, 11) is 0. The van der Waals surface area contributed by atoms with Gasteiger partial charge in [0.15, 0.2) is 0 Å². The zero-order chi connectivity index (χ0) is 21.2. The number of fused-ring (bicyclic) bond motifs is 6. The lowest BCUT2D eigenvalue weighted by molar-refractivity contribution is 0.240. The van der Waals surface area contributed by atoms with Crippen molar-refractivity contribution in [2.75, 3.05) is 0 Å². The Labute approximate surface area is 181 Å². The van der Waals surface area contributed by atoms with Gasteiger partial charge in [0.05, 0.1) is 0 Å². The van der Waals surface area contributed by atoms with Crippen LogP contribution in [0.25, 0.3) is 21.5 Å². The molecular formula is C28H26O3. The lowest BCUT2D eigenvalue weighted by Crippen LogP contribution is -2.37. The van der Waals surface area contributed by atoms with Crippen molar-refractivity contribution < 1.29 is 14.9 Å². The molecular weight excluding hydrogens is 384 g/mol. The van der Waals surface area contributed by atoms with Gasteiger partial charge < -0.3 is 14.9 Å². The summed E-state index contributed by atoms with van der Waals surface area (Å²) < 4.78 is 6.52. The summed E-state index contributed by atoms with van der Waals surface area (Å²) in [6.45, 7) is 2.39. The van der Waals surface area contributed by atoms with Crippen LogP contribution in [0.15, 0.2) is 60.7 Å². The molecule has 0 unspecified atom stereocenters. The molecule has 4 aromatic rings. The van der Waals surface area contributed by atoms with E-state index in [0.29, 0.717) is 5.92 Å². The van der Waals surface area contributed by atoms with E-state index in [1.165, 1.54) is 43.2 Å². The highest BCUT2D eigenvalue weighted by atomic mass is 16.5. The third-order valence-corrected chi connectivity index (χ3v) is 7.61. The van der Waals surface area contributed by atoms with Gasteiger partial charge in [-0.1, -0.05) is 50.5 Å². The van der Waals surface area contributed by atoms with E-state index in [1.54, 1.807) is 12.1 Å². The number of rotatable bonds is 1. The maximum absolute atomic E-state index is 10.1. The van der Waals surface area contributed by atoms with Crippen LogP contribution in [0.3, 0.4) is 0 Å². The third-order valence-electron chi connectivity index (χ3n) is 7.61. The lowest BCUT2D eigenvalue weighted by atomic mass is 9.60. The highest BCUT2D eigenvalue weighted by molar-refractivity contribution is 5.96. The largest absolute Gasteiger partial charge is 0.508 e. The molecule has 3 heteroatoms. The summed E-state index contributed by atoms with van der Waals surface area (Å²) in [6, 6.07) is 19.5. The summed E-state index contributed by atoms with van der Waals surface area (Å²) in [5, 5.41) is 24.5. The van der Waals surface area contributed by atoms with Crippen molar-refractivity contribution in [3.05, 3.63) is 71.8 Å². The Morgan fingerprint density at radius 3 is 1.74 bits per heavy atom. The minimum Gasteiger partial charge on any atom is -0.508 e.